The van der Waals surface area contributed by atoms with Gasteiger partial charge in [0.15, 0.2) is 0 Å². The van der Waals surface area contributed by atoms with Gasteiger partial charge in [0, 0.05) is 15.0 Å². The molecule has 0 heterocycles. The van der Waals surface area contributed by atoms with Crippen molar-refractivity contribution in [3.8, 4) is 0 Å². The Morgan fingerprint density at radius 2 is 1.94 bits per heavy atom. The molecule has 3 heteroatoms. The summed E-state index contributed by atoms with van der Waals surface area (Å²) in [6, 6.07) is 6.85. The fourth-order valence-electron chi connectivity index (χ4n) is 2.42. The lowest BCUT2D eigenvalue weighted by molar-refractivity contribution is 0.525. The number of hydrogen-bond acceptors (Lipinski definition) is 1. The monoisotopic (exact) mass is 345 g/mol. The lowest BCUT2D eigenvalue weighted by Gasteiger charge is -2.17. The number of rotatable bonds is 3. The van der Waals surface area contributed by atoms with E-state index in [4.69, 9.17) is 0 Å². The van der Waals surface area contributed by atoms with Gasteiger partial charge in [0.25, 0.3) is 0 Å². The summed E-state index contributed by atoms with van der Waals surface area (Å²) < 4.78 is 2.28. The van der Waals surface area contributed by atoms with Crippen LogP contribution in [0.1, 0.15) is 32.6 Å². The number of hydrogen-bond donors (Lipinski definition) is 1. The summed E-state index contributed by atoms with van der Waals surface area (Å²) in [5, 5.41) is 3.65. The molecule has 88 valence electrons. The van der Waals surface area contributed by atoms with Crippen molar-refractivity contribution in [3.05, 3.63) is 27.1 Å². The molecular formula is C13H17Br2N. The first-order valence-corrected chi connectivity index (χ1v) is 7.50. The minimum absolute atomic E-state index is 0.639. The maximum Gasteiger partial charge on any atom is 0.0631 e. The van der Waals surface area contributed by atoms with Gasteiger partial charge in [0.05, 0.1) is 5.69 Å². The minimum atomic E-state index is 0.639. The summed E-state index contributed by atoms with van der Waals surface area (Å²) in [5.41, 5.74) is 1.20. The van der Waals surface area contributed by atoms with Crippen molar-refractivity contribution in [2.75, 3.05) is 5.32 Å². The molecule has 2 rings (SSSR count). The molecule has 0 aliphatic heterocycles. The van der Waals surface area contributed by atoms with E-state index in [9.17, 15) is 0 Å². The molecule has 0 saturated heterocycles. The van der Waals surface area contributed by atoms with Crippen molar-refractivity contribution in [1.29, 1.82) is 0 Å². The second kappa shape index (κ2) is 5.54. The predicted octanol–water partition coefficient (Wildman–Crippen LogP) is 5.20. The van der Waals surface area contributed by atoms with Crippen LogP contribution in [0, 0.1) is 5.92 Å². The van der Waals surface area contributed by atoms with Crippen molar-refractivity contribution in [2.45, 2.75) is 38.6 Å². The van der Waals surface area contributed by atoms with E-state index < -0.39 is 0 Å². The van der Waals surface area contributed by atoms with Crippen LogP contribution in [0.4, 0.5) is 5.69 Å². The highest BCUT2D eigenvalue weighted by Gasteiger charge is 2.23. The van der Waals surface area contributed by atoms with Crippen LogP contribution < -0.4 is 5.32 Å². The lowest BCUT2D eigenvalue weighted by atomic mass is 10.1. The van der Waals surface area contributed by atoms with E-state index in [0.717, 1.165) is 14.9 Å². The van der Waals surface area contributed by atoms with Gasteiger partial charge in [-0.25, -0.2) is 0 Å². The quantitative estimate of drug-likeness (QED) is 0.792. The van der Waals surface area contributed by atoms with Crippen LogP contribution >= 0.6 is 31.9 Å². The number of benzene rings is 1. The molecule has 1 aliphatic rings. The summed E-state index contributed by atoms with van der Waals surface area (Å²) >= 11 is 7.19. The Labute approximate surface area is 114 Å². The van der Waals surface area contributed by atoms with Crippen molar-refractivity contribution in [2.24, 2.45) is 5.92 Å². The molecule has 1 saturated carbocycles. The van der Waals surface area contributed by atoms with Gasteiger partial charge in [-0.3, -0.25) is 0 Å². The molecule has 0 amide bonds. The van der Waals surface area contributed by atoms with Gasteiger partial charge in [-0.2, -0.15) is 0 Å². The van der Waals surface area contributed by atoms with Crippen LogP contribution in [0.25, 0.3) is 0 Å². The normalized spacial score (nSPS) is 24.7. The molecule has 1 N–H and O–H groups in total. The Morgan fingerprint density at radius 3 is 2.50 bits per heavy atom. The number of anilines is 1. The summed E-state index contributed by atoms with van der Waals surface area (Å²) in [7, 11) is 0. The van der Waals surface area contributed by atoms with E-state index in [1.807, 2.05) is 6.07 Å². The fourth-order valence-corrected chi connectivity index (χ4v) is 3.64. The van der Waals surface area contributed by atoms with Gasteiger partial charge < -0.3 is 5.32 Å². The molecule has 0 aromatic heterocycles. The highest BCUT2D eigenvalue weighted by molar-refractivity contribution is 9.11. The smallest absolute Gasteiger partial charge is 0.0631 e. The first kappa shape index (κ1) is 12.4. The van der Waals surface area contributed by atoms with Gasteiger partial charge in [0.2, 0.25) is 0 Å². The standard InChI is InChI=1S/C13H17Br2N/c1-2-9-6-7-10(8-9)16-13-11(14)4-3-5-12(13)15/h3-5,9-10,16H,2,6-8H2,1H3. The molecule has 0 bridgehead atoms. The third kappa shape index (κ3) is 2.80. The molecule has 1 aliphatic carbocycles. The Bertz CT molecular complexity index is 345. The van der Waals surface area contributed by atoms with E-state index >= 15 is 0 Å². The van der Waals surface area contributed by atoms with Crippen molar-refractivity contribution in [3.63, 3.8) is 0 Å². The van der Waals surface area contributed by atoms with Crippen LogP contribution in [0.3, 0.4) is 0 Å². The largest absolute Gasteiger partial charge is 0.380 e. The van der Waals surface area contributed by atoms with Crippen LogP contribution in [0.15, 0.2) is 27.1 Å². The molecular weight excluding hydrogens is 330 g/mol. The molecule has 0 spiro atoms. The van der Waals surface area contributed by atoms with E-state index in [-0.39, 0.29) is 0 Å². The highest BCUT2D eigenvalue weighted by atomic mass is 79.9. The SMILES string of the molecule is CCC1CCC(Nc2c(Br)cccc2Br)C1. The molecule has 1 aromatic carbocycles. The highest BCUT2D eigenvalue weighted by Crippen LogP contribution is 2.35. The maximum absolute atomic E-state index is 3.65. The van der Waals surface area contributed by atoms with Crippen LogP contribution in [-0.4, -0.2) is 6.04 Å². The van der Waals surface area contributed by atoms with Gasteiger partial charge in [-0.15, -0.1) is 0 Å². The third-order valence-electron chi connectivity index (χ3n) is 3.43. The number of para-hydroxylation sites is 1. The summed E-state index contributed by atoms with van der Waals surface area (Å²) in [5.74, 6) is 0.916. The van der Waals surface area contributed by atoms with E-state index in [1.54, 1.807) is 0 Å². The first-order valence-electron chi connectivity index (χ1n) is 5.91. The fraction of sp³-hybridized carbons (Fsp3) is 0.538. The molecule has 16 heavy (non-hydrogen) atoms. The zero-order valence-corrected chi connectivity index (χ0v) is 12.6. The summed E-state index contributed by atoms with van der Waals surface area (Å²) in [4.78, 5) is 0. The summed E-state index contributed by atoms with van der Waals surface area (Å²) in [6.07, 6.45) is 5.29. The Hall–Kier alpha value is -0.0200. The summed E-state index contributed by atoms with van der Waals surface area (Å²) in [6.45, 7) is 2.29. The second-order valence-corrected chi connectivity index (χ2v) is 6.23. The van der Waals surface area contributed by atoms with Gasteiger partial charge in [-0.1, -0.05) is 19.4 Å². The third-order valence-corrected chi connectivity index (χ3v) is 4.75. The second-order valence-electron chi connectivity index (χ2n) is 4.53. The molecule has 1 fully saturated rings. The number of halogens is 2. The predicted molar refractivity (Wildman–Crippen MR) is 76.9 cm³/mol. The van der Waals surface area contributed by atoms with Gasteiger partial charge >= 0.3 is 0 Å². The van der Waals surface area contributed by atoms with Crippen LogP contribution in [0.5, 0.6) is 0 Å². The van der Waals surface area contributed by atoms with Crippen molar-refractivity contribution in [1.82, 2.24) is 0 Å². The van der Waals surface area contributed by atoms with E-state index in [2.05, 4.69) is 56.2 Å². The zero-order chi connectivity index (χ0) is 11.5. The molecule has 1 aromatic rings. The van der Waals surface area contributed by atoms with Crippen molar-refractivity contribution >= 4 is 37.5 Å². The van der Waals surface area contributed by atoms with Gasteiger partial charge in [-0.05, 0) is 69.2 Å². The van der Waals surface area contributed by atoms with Crippen molar-refractivity contribution < 1.29 is 0 Å². The van der Waals surface area contributed by atoms with E-state index in [0.29, 0.717) is 6.04 Å². The lowest BCUT2D eigenvalue weighted by Crippen LogP contribution is -2.16. The van der Waals surface area contributed by atoms with E-state index in [1.165, 1.54) is 31.4 Å². The Kier molecular flexibility index (Phi) is 4.31. The van der Waals surface area contributed by atoms with Crippen LogP contribution in [0.2, 0.25) is 0 Å². The topological polar surface area (TPSA) is 12.0 Å². The molecule has 2 unspecified atom stereocenters. The zero-order valence-electron chi connectivity index (χ0n) is 9.47. The Balaban J connectivity index is 2.04. The first-order chi connectivity index (χ1) is 7.70. The Morgan fingerprint density at radius 1 is 1.25 bits per heavy atom. The minimum Gasteiger partial charge on any atom is -0.380 e. The molecule has 2 atom stereocenters. The number of nitrogens with one attached hydrogen (secondary N) is 1. The average Bonchev–Trinajstić information content (AvgIpc) is 2.71. The molecule has 0 radical (unpaired) electrons. The van der Waals surface area contributed by atoms with Crippen LogP contribution in [-0.2, 0) is 0 Å². The van der Waals surface area contributed by atoms with Gasteiger partial charge in [0.1, 0.15) is 0 Å². The molecule has 1 nitrogen and oxygen atoms in total. The maximum atomic E-state index is 3.65. The average molecular weight is 347 g/mol.